The second-order valence-corrected chi connectivity index (χ2v) is 2.67. The standard InChI is InChI=1S/C10H10/c1-2-5-9-7-4-8-10(9)6-3-1/h1-5,7-9H,6H2. The maximum absolute atomic E-state index is 2.23. The molecular formula is C10H10. The highest BCUT2D eigenvalue weighted by Gasteiger charge is 2.10. The molecule has 0 aromatic rings. The first-order chi connectivity index (χ1) is 4.97. The van der Waals surface area contributed by atoms with Crippen LogP contribution in [0.5, 0.6) is 0 Å². The molecule has 0 saturated carbocycles. The maximum Gasteiger partial charge on any atom is 0.0169 e. The molecule has 0 saturated heterocycles. The molecule has 0 heteroatoms. The molecule has 50 valence electrons. The lowest BCUT2D eigenvalue weighted by molar-refractivity contribution is 0.952. The van der Waals surface area contributed by atoms with Gasteiger partial charge in [0.15, 0.2) is 0 Å². The third-order valence-corrected chi connectivity index (χ3v) is 1.98. The average Bonchev–Trinajstić information content (AvgIpc) is 2.28. The van der Waals surface area contributed by atoms with Gasteiger partial charge in [-0.2, -0.15) is 0 Å². The Hall–Kier alpha value is -1.04. The van der Waals surface area contributed by atoms with Crippen LogP contribution in [-0.4, -0.2) is 0 Å². The first kappa shape index (κ1) is 5.72. The summed E-state index contributed by atoms with van der Waals surface area (Å²) in [6, 6.07) is 0. The lowest BCUT2D eigenvalue weighted by Gasteiger charge is -2.03. The van der Waals surface area contributed by atoms with E-state index in [9.17, 15) is 0 Å². The van der Waals surface area contributed by atoms with Crippen LogP contribution in [0.1, 0.15) is 6.42 Å². The highest BCUT2D eigenvalue weighted by molar-refractivity contribution is 5.35. The molecule has 0 aliphatic heterocycles. The van der Waals surface area contributed by atoms with E-state index in [1.54, 1.807) is 0 Å². The molecule has 0 fully saturated rings. The van der Waals surface area contributed by atoms with Crippen LogP contribution in [0.3, 0.4) is 0 Å². The van der Waals surface area contributed by atoms with Gasteiger partial charge in [-0.05, 0) is 6.42 Å². The number of hydrogen-bond acceptors (Lipinski definition) is 0. The molecule has 2 rings (SSSR count). The average molecular weight is 130 g/mol. The van der Waals surface area contributed by atoms with Gasteiger partial charge in [0.05, 0.1) is 0 Å². The van der Waals surface area contributed by atoms with Crippen LogP contribution >= 0.6 is 0 Å². The second-order valence-electron chi connectivity index (χ2n) is 2.67. The van der Waals surface area contributed by atoms with Gasteiger partial charge in [-0.3, -0.25) is 0 Å². The van der Waals surface area contributed by atoms with Crippen LogP contribution < -0.4 is 0 Å². The fourth-order valence-electron chi connectivity index (χ4n) is 1.39. The van der Waals surface area contributed by atoms with E-state index in [4.69, 9.17) is 0 Å². The van der Waals surface area contributed by atoms with Crippen LogP contribution in [0.4, 0.5) is 0 Å². The van der Waals surface area contributed by atoms with Gasteiger partial charge in [0.25, 0.3) is 0 Å². The fourth-order valence-corrected chi connectivity index (χ4v) is 1.39. The Bertz CT molecular complexity index is 237. The van der Waals surface area contributed by atoms with Crippen molar-refractivity contribution in [2.24, 2.45) is 5.92 Å². The van der Waals surface area contributed by atoms with Gasteiger partial charge in [0, 0.05) is 5.92 Å². The zero-order valence-electron chi connectivity index (χ0n) is 5.83. The van der Waals surface area contributed by atoms with Crippen LogP contribution in [0.25, 0.3) is 0 Å². The summed E-state index contributed by atoms with van der Waals surface area (Å²) in [7, 11) is 0. The summed E-state index contributed by atoms with van der Waals surface area (Å²) in [5.41, 5.74) is 1.52. The van der Waals surface area contributed by atoms with Crippen molar-refractivity contribution in [3.63, 3.8) is 0 Å². The zero-order chi connectivity index (χ0) is 6.81. The number of fused-ring (bicyclic) bond motifs is 1. The lowest BCUT2D eigenvalue weighted by atomic mass is 10.0. The number of allylic oxidation sites excluding steroid dienone is 8. The minimum absolute atomic E-state index is 0.593. The van der Waals surface area contributed by atoms with Crippen molar-refractivity contribution < 1.29 is 0 Å². The Balaban J connectivity index is 2.30. The third kappa shape index (κ3) is 0.860. The molecule has 0 spiro atoms. The van der Waals surface area contributed by atoms with Crippen LogP contribution in [-0.2, 0) is 0 Å². The van der Waals surface area contributed by atoms with Crippen LogP contribution in [0.15, 0.2) is 48.1 Å². The molecule has 0 bridgehead atoms. The Morgan fingerprint density at radius 3 is 3.00 bits per heavy atom. The minimum Gasteiger partial charge on any atom is -0.0804 e. The smallest absolute Gasteiger partial charge is 0.0169 e. The first-order valence-electron chi connectivity index (χ1n) is 3.67. The van der Waals surface area contributed by atoms with Crippen molar-refractivity contribution in [2.75, 3.05) is 0 Å². The molecule has 0 nitrogen and oxygen atoms in total. The molecule has 0 aromatic heterocycles. The molecule has 0 amide bonds. The summed E-state index contributed by atoms with van der Waals surface area (Å²) in [5, 5.41) is 0. The third-order valence-electron chi connectivity index (χ3n) is 1.98. The van der Waals surface area contributed by atoms with Crippen LogP contribution in [0.2, 0.25) is 0 Å². The van der Waals surface area contributed by atoms with E-state index in [-0.39, 0.29) is 0 Å². The van der Waals surface area contributed by atoms with E-state index in [1.165, 1.54) is 5.57 Å². The molecule has 0 aromatic carbocycles. The van der Waals surface area contributed by atoms with Gasteiger partial charge in [0.1, 0.15) is 0 Å². The Labute approximate surface area is 61.3 Å². The topological polar surface area (TPSA) is 0 Å². The van der Waals surface area contributed by atoms with Crippen molar-refractivity contribution in [3.05, 3.63) is 48.1 Å². The summed E-state index contributed by atoms with van der Waals surface area (Å²) in [6.45, 7) is 0. The molecule has 1 atom stereocenters. The van der Waals surface area contributed by atoms with E-state index in [2.05, 4.69) is 42.5 Å². The van der Waals surface area contributed by atoms with Gasteiger partial charge in [-0.15, -0.1) is 0 Å². The molecule has 0 N–H and O–H groups in total. The first-order valence-corrected chi connectivity index (χ1v) is 3.67. The highest BCUT2D eigenvalue weighted by Crippen LogP contribution is 2.25. The molecular weight excluding hydrogens is 120 g/mol. The number of rotatable bonds is 0. The van der Waals surface area contributed by atoms with Gasteiger partial charge in [-0.25, -0.2) is 0 Å². The molecule has 1 unspecified atom stereocenters. The summed E-state index contributed by atoms with van der Waals surface area (Å²) in [5.74, 6) is 0.593. The highest BCUT2D eigenvalue weighted by atomic mass is 14.1. The Morgan fingerprint density at radius 2 is 2.00 bits per heavy atom. The van der Waals surface area contributed by atoms with E-state index >= 15 is 0 Å². The predicted molar refractivity (Wildman–Crippen MR) is 43.6 cm³/mol. The van der Waals surface area contributed by atoms with E-state index < -0.39 is 0 Å². The number of hydrogen-bond donors (Lipinski definition) is 0. The zero-order valence-corrected chi connectivity index (χ0v) is 5.83. The monoisotopic (exact) mass is 130 g/mol. The fraction of sp³-hybridized carbons (Fsp3) is 0.200. The Kier molecular flexibility index (Phi) is 1.31. The predicted octanol–water partition coefficient (Wildman–Crippen LogP) is 2.61. The summed E-state index contributed by atoms with van der Waals surface area (Å²) >= 11 is 0. The SMILES string of the molecule is C1=CCC2=CC=CC2C=C1. The molecule has 2 aliphatic carbocycles. The summed E-state index contributed by atoms with van der Waals surface area (Å²) < 4.78 is 0. The molecule has 10 heavy (non-hydrogen) atoms. The quantitative estimate of drug-likeness (QED) is 0.473. The van der Waals surface area contributed by atoms with Crippen molar-refractivity contribution in [2.45, 2.75) is 6.42 Å². The molecule has 0 radical (unpaired) electrons. The van der Waals surface area contributed by atoms with Crippen molar-refractivity contribution in [3.8, 4) is 0 Å². The Morgan fingerprint density at radius 1 is 1.10 bits per heavy atom. The second kappa shape index (κ2) is 2.30. The summed E-state index contributed by atoms with van der Waals surface area (Å²) in [4.78, 5) is 0. The lowest BCUT2D eigenvalue weighted by Crippen LogP contribution is -1.90. The molecule has 2 aliphatic rings. The van der Waals surface area contributed by atoms with Gasteiger partial charge in [0.2, 0.25) is 0 Å². The van der Waals surface area contributed by atoms with Gasteiger partial charge >= 0.3 is 0 Å². The summed E-state index contributed by atoms with van der Waals surface area (Å²) in [6.07, 6.45) is 16.4. The van der Waals surface area contributed by atoms with E-state index in [0.29, 0.717) is 5.92 Å². The van der Waals surface area contributed by atoms with Crippen LogP contribution in [0, 0.1) is 5.92 Å². The normalized spacial score (nSPS) is 28.0. The van der Waals surface area contributed by atoms with Crippen molar-refractivity contribution in [1.82, 2.24) is 0 Å². The van der Waals surface area contributed by atoms with Crippen molar-refractivity contribution >= 4 is 0 Å². The van der Waals surface area contributed by atoms with Crippen molar-refractivity contribution in [1.29, 1.82) is 0 Å². The molecule has 0 heterocycles. The van der Waals surface area contributed by atoms with Gasteiger partial charge in [-0.1, -0.05) is 48.1 Å². The van der Waals surface area contributed by atoms with Gasteiger partial charge < -0.3 is 0 Å². The van der Waals surface area contributed by atoms with E-state index in [1.807, 2.05) is 0 Å². The maximum atomic E-state index is 2.23. The minimum atomic E-state index is 0.593. The van der Waals surface area contributed by atoms with E-state index in [0.717, 1.165) is 6.42 Å². The largest absolute Gasteiger partial charge is 0.0804 e.